The number of urea groups is 1. The first-order valence-electron chi connectivity index (χ1n) is 16.6. The zero-order chi connectivity index (χ0) is 34.4. The molecule has 47 heavy (non-hydrogen) atoms. The number of unbranched alkanes of at least 4 members (excludes halogenated alkanes) is 4. The van der Waals surface area contributed by atoms with E-state index < -0.39 is 35.5 Å². The lowest BCUT2D eigenvalue weighted by atomic mass is 10.0. The first kappa shape index (κ1) is 37.9. The lowest BCUT2D eigenvalue weighted by Crippen LogP contribution is -2.46. The zero-order valence-corrected chi connectivity index (χ0v) is 28.5. The van der Waals surface area contributed by atoms with Crippen molar-refractivity contribution in [3.63, 3.8) is 0 Å². The average Bonchev–Trinajstić information content (AvgIpc) is 3.65. The Kier molecular flexibility index (Phi) is 15.1. The number of hydrogen-bond acceptors (Lipinski definition) is 10. The van der Waals surface area contributed by atoms with Gasteiger partial charge < -0.3 is 36.2 Å². The van der Waals surface area contributed by atoms with Crippen LogP contribution >= 0.6 is 11.8 Å². The second-order valence-electron chi connectivity index (χ2n) is 13.1. The van der Waals surface area contributed by atoms with Crippen molar-refractivity contribution < 1.29 is 43.1 Å². The highest BCUT2D eigenvalue weighted by molar-refractivity contribution is 8.00. The van der Waals surface area contributed by atoms with Gasteiger partial charge in [-0.15, -0.1) is 5.06 Å². The zero-order valence-electron chi connectivity index (χ0n) is 27.7. The van der Waals surface area contributed by atoms with E-state index in [0.29, 0.717) is 55.5 Å². The molecule has 0 radical (unpaired) electrons. The van der Waals surface area contributed by atoms with Crippen LogP contribution in [0, 0.1) is 0 Å². The van der Waals surface area contributed by atoms with E-state index in [1.54, 1.807) is 20.8 Å². The van der Waals surface area contributed by atoms with Crippen molar-refractivity contribution in [3.05, 3.63) is 0 Å². The lowest BCUT2D eigenvalue weighted by Gasteiger charge is -2.23. The molecule has 0 aromatic rings. The number of hydroxylamine groups is 2. The van der Waals surface area contributed by atoms with E-state index in [-0.39, 0.29) is 49.2 Å². The fraction of sp³-hybridized carbons (Fsp3) is 0.774. The van der Waals surface area contributed by atoms with Crippen molar-refractivity contribution in [2.24, 2.45) is 0 Å². The molecule has 264 valence electrons. The third-order valence-corrected chi connectivity index (χ3v) is 9.40. The van der Waals surface area contributed by atoms with Gasteiger partial charge in [0.2, 0.25) is 11.8 Å². The summed E-state index contributed by atoms with van der Waals surface area (Å²) in [5, 5.41) is 15.0. The van der Waals surface area contributed by atoms with Crippen LogP contribution in [-0.4, -0.2) is 94.6 Å². The number of carbonyl (C=O) groups excluding carboxylic acids is 7. The first-order chi connectivity index (χ1) is 22.3. The Morgan fingerprint density at radius 3 is 2.13 bits per heavy atom. The maximum absolute atomic E-state index is 12.7. The third kappa shape index (κ3) is 13.6. The fourth-order valence-electron chi connectivity index (χ4n) is 5.48. The molecule has 3 aliphatic heterocycles. The molecular formula is C31H50N6O9S. The largest absolute Gasteiger partial charge is 0.444 e. The van der Waals surface area contributed by atoms with Crippen LogP contribution in [0.15, 0.2) is 0 Å². The van der Waals surface area contributed by atoms with E-state index in [9.17, 15) is 33.6 Å². The minimum Gasteiger partial charge on any atom is -0.444 e. The quantitative estimate of drug-likeness (QED) is 0.0764. The Morgan fingerprint density at radius 2 is 1.49 bits per heavy atom. The highest BCUT2D eigenvalue weighted by Crippen LogP contribution is 2.33. The minimum absolute atomic E-state index is 0.0327. The Hall–Kier alpha value is -3.56. The van der Waals surface area contributed by atoms with Crippen molar-refractivity contribution in [2.75, 3.05) is 18.8 Å². The molecule has 3 fully saturated rings. The summed E-state index contributed by atoms with van der Waals surface area (Å²) in [6, 6.07) is -0.825. The van der Waals surface area contributed by atoms with E-state index in [2.05, 4.69) is 26.6 Å². The van der Waals surface area contributed by atoms with Gasteiger partial charge in [0.15, 0.2) is 0 Å². The number of carbonyl (C=O) groups is 7. The number of fused-ring (bicyclic) bond motifs is 1. The van der Waals surface area contributed by atoms with E-state index in [0.717, 1.165) is 37.9 Å². The number of ether oxygens (including phenoxy) is 1. The third-order valence-electron chi connectivity index (χ3n) is 7.89. The van der Waals surface area contributed by atoms with Crippen molar-refractivity contribution in [2.45, 2.75) is 133 Å². The van der Waals surface area contributed by atoms with E-state index in [1.807, 2.05) is 11.8 Å². The standard InChI is InChI=1S/C31H50N6O9S/c1-31(2,3)45-30(44)35-20(28(42)46-37-25(40)15-16-26(37)41)11-8-10-18-33-23(38)13-5-4-9-17-32-24(39)14-7-6-12-22-27-21(19-47-22)34-29(43)36-27/h20-22,27H,4-19H2,1-3H3,(H,32,39)(H,33,38)(H,35,44)(H2,34,36,43)/t20-,21?,22-,27?/m0/s1. The lowest BCUT2D eigenvalue weighted by molar-refractivity contribution is -0.199. The predicted octanol–water partition coefficient (Wildman–Crippen LogP) is 2.18. The van der Waals surface area contributed by atoms with Gasteiger partial charge in [-0.2, -0.15) is 11.8 Å². The van der Waals surface area contributed by atoms with Crippen LogP contribution in [-0.2, 0) is 33.5 Å². The molecule has 0 aromatic carbocycles. The molecule has 2 unspecified atom stereocenters. The summed E-state index contributed by atoms with van der Waals surface area (Å²) in [6.07, 6.45) is 6.03. The van der Waals surface area contributed by atoms with Crippen molar-refractivity contribution >= 4 is 53.5 Å². The van der Waals surface area contributed by atoms with E-state index >= 15 is 0 Å². The molecule has 3 aliphatic rings. The predicted molar refractivity (Wildman–Crippen MR) is 173 cm³/mol. The minimum atomic E-state index is -1.15. The van der Waals surface area contributed by atoms with Crippen LogP contribution in [0.25, 0.3) is 0 Å². The van der Waals surface area contributed by atoms with Gasteiger partial charge in [-0.05, 0) is 65.7 Å². The molecule has 0 spiro atoms. The molecule has 15 nitrogen and oxygen atoms in total. The number of imide groups is 1. The first-order valence-corrected chi connectivity index (χ1v) is 17.7. The maximum atomic E-state index is 12.7. The molecule has 0 aromatic heterocycles. The SMILES string of the molecule is CC(C)(C)OC(=O)N[C@@H](CCCCNC(=O)CCCCCNC(=O)CCCC[C@@H]1SCC2NC(=O)NC21)C(=O)ON1C(=O)CCC1=O. The van der Waals surface area contributed by atoms with Gasteiger partial charge in [0.05, 0.1) is 12.1 Å². The smallest absolute Gasteiger partial charge is 0.408 e. The van der Waals surface area contributed by atoms with Gasteiger partial charge in [0.25, 0.3) is 11.8 Å². The van der Waals surface area contributed by atoms with Crippen molar-refractivity contribution in [1.29, 1.82) is 0 Å². The Labute approximate surface area is 280 Å². The van der Waals surface area contributed by atoms with Crippen LogP contribution in [0.5, 0.6) is 0 Å². The molecule has 3 heterocycles. The number of hydrogen-bond donors (Lipinski definition) is 5. The van der Waals surface area contributed by atoms with Gasteiger partial charge in [-0.1, -0.05) is 12.8 Å². The molecule has 5 N–H and O–H groups in total. The molecular weight excluding hydrogens is 632 g/mol. The van der Waals surface area contributed by atoms with Crippen LogP contribution < -0.4 is 26.6 Å². The van der Waals surface area contributed by atoms with Gasteiger partial charge in [-0.25, -0.2) is 14.4 Å². The molecule has 3 rings (SSSR count). The Balaban J connectivity index is 1.20. The Bertz CT molecular complexity index is 1130. The number of rotatable bonds is 19. The summed E-state index contributed by atoms with van der Waals surface area (Å²) in [6.45, 7) is 5.97. The van der Waals surface area contributed by atoms with Gasteiger partial charge in [0, 0.05) is 49.8 Å². The second-order valence-corrected chi connectivity index (χ2v) is 14.3. The number of nitrogens with zero attached hydrogens (tertiary/aromatic N) is 1. The van der Waals surface area contributed by atoms with Crippen molar-refractivity contribution in [3.8, 4) is 0 Å². The van der Waals surface area contributed by atoms with E-state index in [1.165, 1.54) is 0 Å². The summed E-state index contributed by atoms with van der Waals surface area (Å²) >= 11 is 1.88. The summed E-state index contributed by atoms with van der Waals surface area (Å²) in [7, 11) is 0. The number of alkyl carbamates (subject to hydrolysis) is 1. The summed E-state index contributed by atoms with van der Waals surface area (Å²) in [5.74, 6) is -1.32. The van der Waals surface area contributed by atoms with Crippen LogP contribution in [0.2, 0.25) is 0 Å². The topological polar surface area (TPSA) is 201 Å². The molecule has 16 heteroatoms. The maximum Gasteiger partial charge on any atom is 0.408 e. The summed E-state index contributed by atoms with van der Waals surface area (Å²) in [4.78, 5) is 89.4. The fourth-order valence-corrected chi connectivity index (χ4v) is 7.02. The summed E-state index contributed by atoms with van der Waals surface area (Å²) < 4.78 is 5.22. The van der Waals surface area contributed by atoms with Gasteiger partial charge >= 0.3 is 18.1 Å². The van der Waals surface area contributed by atoms with Crippen LogP contribution in [0.4, 0.5) is 9.59 Å². The molecule has 3 saturated heterocycles. The normalized spacial score (nSPS) is 21.0. The number of nitrogens with one attached hydrogen (secondary N) is 5. The van der Waals surface area contributed by atoms with Crippen LogP contribution in [0.3, 0.4) is 0 Å². The van der Waals surface area contributed by atoms with Gasteiger partial charge in [0.1, 0.15) is 11.6 Å². The second kappa shape index (κ2) is 18.7. The molecule has 0 aliphatic carbocycles. The monoisotopic (exact) mass is 682 g/mol. The molecule has 0 saturated carbocycles. The van der Waals surface area contributed by atoms with Crippen LogP contribution in [0.1, 0.15) is 104 Å². The molecule has 0 bridgehead atoms. The van der Waals surface area contributed by atoms with Gasteiger partial charge in [-0.3, -0.25) is 19.2 Å². The number of thioether (sulfide) groups is 1. The highest BCUT2D eigenvalue weighted by atomic mass is 32.2. The molecule has 4 atom stereocenters. The molecule has 7 amide bonds. The van der Waals surface area contributed by atoms with E-state index in [4.69, 9.17) is 9.57 Å². The van der Waals surface area contributed by atoms with Crippen molar-refractivity contribution in [1.82, 2.24) is 31.6 Å². The number of amides is 7. The Morgan fingerprint density at radius 1 is 0.872 bits per heavy atom. The summed E-state index contributed by atoms with van der Waals surface area (Å²) in [5.41, 5.74) is -0.799. The highest BCUT2D eigenvalue weighted by Gasteiger charge is 2.42. The average molecular weight is 683 g/mol.